The van der Waals surface area contributed by atoms with Crippen LogP contribution in [-0.2, 0) is 18.0 Å². The Kier molecular flexibility index (Phi) is 6.29. The van der Waals surface area contributed by atoms with Crippen molar-refractivity contribution in [1.29, 1.82) is 5.26 Å². The lowest BCUT2D eigenvalue weighted by molar-refractivity contribution is 0.0182. The van der Waals surface area contributed by atoms with E-state index in [9.17, 15) is 14.8 Å². The number of nitrogen functional groups attached to an aromatic ring is 1. The molecule has 13 heteroatoms. The van der Waals surface area contributed by atoms with Gasteiger partial charge in [0, 0.05) is 61.3 Å². The first-order valence-corrected chi connectivity index (χ1v) is 14.3. The summed E-state index contributed by atoms with van der Waals surface area (Å²) < 4.78 is 37.2. The van der Waals surface area contributed by atoms with Gasteiger partial charge in [-0.25, -0.2) is 18.7 Å². The van der Waals surface area contributed by atoms with Crippen LogP contribution in [0.1, 0.15) is 23.6 Å². The normalized spacial score (nSPS) is 23.5. The van der Waals surface area contributed by atoms with Crippen molar-refractivity contribution in [2.75, 3.05) is 50.4 Å². The highest BCUT2D eigenvalue weighted by Gasteiger charge is 2.40. The Morgan fingerprint density at radius 2 is 1.95 bits per heavy atom. The number of nitrogens with two attached hydrogens (primary N) is 1. The summed E-state index contributed by atoms with van der Waals surface area (Å²) in [7, 11) is 2.10. The van der Waals surface area contributed by atoms with Gasteiger partial charge in [0.15, 0.2) is 11.6 Å². The van der Waals surface area contributed by atoms with Crippen molar-refractivity contribution < 1.29 is 18.6 Å². The van der Waals surface area contributed by atoms with Crippen molar-refractivity contribution in [2.45, 2.75) is 38.3 Å². The van der Waals surface area contributed by atoms with Crippen molar-refractivity contribution >= 4 is 43.3 Å². The Balaban J connectivity index is 1.34. The van der Waals surface area contributed by atoms with E-state index in [0.29, 0.717) is 30.0 Å². The number of ether oxygens (including phenoxy) is 1. The minimum atomic E-state index is -0.647. The molecule has 10 nitrogen and oxygen atoms in total. The molecule has 3 aromatic heterocycles. The molecule has 41 heavy (non-hydrogen) atoms. The molecule has 2 unspecified atom stereocenters. The Bertz CT molecular complexity index is 1760. The van der Waals surface area contributed by atoms with E-state index in [1.165, 1.54) is 0 Å². The number of aromatic nitrogens is 3. The van der Waals surface area contributed by atoms with Crippen molar-refractivity contribution in [3.05, 3.63) is 40.7 Å². The summed E-state index contributed by atoms with van der Waals surface area (Å²) in [5.74, 6) is -0.956. The van der Waals surface area contributed by atoms with Crippen LogP contribution in [0.15, 0.2) is 12.4 Å². The second-order valence-electron chi connectivity index (χ2n) is 11.1. The zero-order valence-electron chi connectivity index (χ0n) is 22.6. The molecule has 3 atom stereocenters. The van der Waals surface area contributed by atoms with E-state index in [4.69, 9.17) is 10.5 Å². The van der Waals surface area contributed by atoms with Crippen LogP contribution in [-0.4, -0.2) is 87.8 Å². The lowest BCUT2D eigenvalue weighted by atomic mass is 9.94. The van der Waals surface area contributed by atoms with Gasteiger partial charge in [0.05, 0.1) is 47.5 Å². The first kappa shape index (κ1) is 26.4. The number of hydrogen-bond acceptors (Lipinski definition) is 11. The summed E-state index contributed by atoms with van der Waals surface area (Å²) in [6.45, 7) is 6.07. The molecule has 0 bridgehead atoms. The van der Waals surface area contributed by atoms with Crippen LogP contribution in [0.5, 0.6) is 0 Å². The first-order chi connectivity index (χ1) is 19.8. The number of thiophene rings is 1. The third kappa shape index (κ3) is 4.04. The van der Waals surface area contributed by atoms with E-state index in [1.807, 2.05) is 11.0 Å². The quantitative estimate of drug-likeness (QED) is 0.375. The van der Waals surface area contributed by atoms with Gasteiger partial charge in [-0.2, -0.15) is 5.26 Å². The summed E-state index contributed by atoms with van der Waals surface area (Å²) in [5.41, 5.74) is 7.74. The Morgan fingerprint density at radius 3 is 2.73 bits per heavy atom. The fraction of sp³-hybridized carbons (Fsp3) is 0.429. The van der Waals surface area contributed by atoms with Gasteiger partial charge in [0.2, 0.25) is 5.95 Å². The van der Waals surface area contributed by atoms with Crippen LogP contribution < -0.4 is 10.6 Å². The highest BCUT2D eigenvalue weighted by atomic mass is 32.1. The maximum absolute atomic E-state index is 16.6. The summed E-state index contributed by atoms with van der Waals surface area (Å²) in [5, 5.41) is 21.6. The van der Waals surface area contributed by atoms with Crippen LogP contribution in [0, 0.1) is 23.0 Å². The maximum Gasteiger partial charge on any atom is 0.226 e. The van der Waals surface area contributed by atoms with Gasteiger partial charge >= 0.3 is 0 Å². The molecule has 3 N–H and O–H groups in total. The molecule has 0 aliphatic carbocycles. The van der Waals surface area contributed by atoms with Gasteiger partial charge < -0.3 is 25.4 Å². The van der Waals surface area contributed by atoms with E-state index in [2.05, 4.69) is 38.7 Å². The van der Waals surface area contributed by atoms with Gasteiger partial charge in [-0.15, -0.1) is 11.3 Å². The zero-order chi connectivity index (χ0) is 28.6. The van der Waals surface area contributed by atoms with Crippen molar-refractivity contribution in [2.24, 2.45) is 0 Å². The van der Waals surface area contributed by atoms with Crippen LogP contribution in [0.4, 0.5) is 19.7 Å². The molecule has 7 rings (SSSR count). The molecule has 0 amide bonds. The lowest BCUT2D eigenvalue weighted by Gasteiger charge is -2.42. The van der Waals surface area contributed by atoms with E-state index >= 15 is 4.39 Å². The Labute approximate surface area is 238 Å². The van der Waals surface area contributed by atoms with E-state index < -0.39 is 17.7 Å². The number of halogens is 2. The number of fused-ring (bicyclic) bond motifs is 4. The molecule has 1 aromatic carbocycles. The summed E-state index contributed by atoms with van der Waals surface area (Å²) in [6.07, 6.45) is 2.03. The number of nitrogens with zero attached hydrogens (tertiary/aromatic N) is 7. The Morgan fingerprint density at radius 1 is 1.15 bits per heavy atom. The predicted molar refractivity (Wildman–Crippen MR) is 151 cm³/mol. The van der Waals surface area contributed by atoms with Gasteiger partial charge in [0.25, 0.3) is 0 Å². The van der Waals surface area contributed by atoms with Gasteiger partial charge in [0.1, 0.15) is 16.6 Å². The largest absolute Gasteiger partial charge is 0.390 e. The number of aliphatic hydroxyl groups is 1. The number of hydrogen-bond donors (Lipinski definition) is 2. The number of piperazine rings is 1. The number of rotatable bonds is 3. The molecule has 0 spiro atoms. The maximum atomic E-state index is 16.6. The van der Waals surface area contributed by atoms with Crippen molar-refractivity contribution in [1.82, 2.24) is 24.8 Å². The molecule has 0 saturated carbocycles. The average molecular weight is 579 g/mol. The van der Waals surface area contributed by atoms with Crippen LogP contribution in [0.2, 0.25) is 0 Å². The Hall–Kier alpha value is -3.54. The molecule has 4 aromatic rings. The van der Waals surface area contributed by atoms with E-state index in [1.54, 1.807) is 6.20 Å². The topological polar surface area (TPSA) is 128 Å². The van der Waals surface area contributed by atoms with Crippen LogP contribution in [0.25, 0.3) is 32.2 Å². The van der Waals surface area contributed by atoms with E-state index in [-0.39, 0.29) is 62.7 Å². The number of β-amino-alcohol motifs (C(OH)–C–C–N with tert-alkyl or cyclic N) is 1. The first-order valence-electron chi connectivity index (χ1n) is 13.5. The molecule has 0 radical (unpaired) electrons. The lowest BCUT2D eigenvalue weighted by Crippen LogP contribution is -2.57. The predicted octanol–water partition coefficient (Wildman–Crippen LogP) is 2.85. The molecule has 3 aliphatic rings. The van der Waals surface area contributed by atoms with Gasteiger partial charge in [-0.1, -0.05) is 0 Å². The number of pyridine rings is 1. The number of aliphatic hydroxyl groups excluding tert-OH is 1. The number of benzene rings is 1. The van der Waals surface area contributed by atoms with Crippen LogP contribution in [0.3, 0.4) is 0 Å². The molecule has 3 aliphatic heterocycles. The molecular weight excluding hydrogens is 550 g/mol. The zero-order valence-corrected chi connectivity index (χ0v) is 23.4. The summed E-state index contributed by atoms with van der Waals surface area (Å²) in [4.78, 5) is 20.0. The minimum absolute atomic E-state index is 0.0674. The molecule has 212 valence electrons. The minimum Gasteiger partial charge on any atom is -0.390 e. The smallest absolute Gasteiger partial charge is 0.226 e. The van der Waals surface area contributed by atoms with Crippen LogP contribution >= 0.6 is 11.3 Å². The highest BCUT2D eigenvalue weighted by molar-refractivity contribution is 7.23. The third-order valence-electron chi connectivity index (χ3n) is 8.58. The molecule has 2 fully saturated rings. The second-order valence-corrected chi connectivity index (χ2v) is 12.1. The number of nitriles is 1. The monoisotopic (exact) mass is 578 g/mol. The number of likely N-dealkylation sites (N-methyl/N-ethyl adjacent to an activating group) is 1. The van der Waals surface area contributed by atoms with Gasteiger partial charge in [-0.3, -0.25) is 9.88 Å². The van der Waals surface area contributed by atoms with Gasteiger partial charge in [-0.05, 0) is 25.1 Å². The van der Waals surface area contributed by atoms with E-state index in [0.717, 1.165) is 42.7 Å². The fourth-order valence-electron chi connectivity index (χ4n) is 6.60. The van der Waals surface area contributed by atoms with Crippen molar-refractivity contribution in [3.63, 3.8) is 0 Å². The standard InChI is InChI=1S/C28H28F2N8O2S/c1-13-8-36(2)3-4-38(13)19-9-37(10-20(19)39)28-34-6-15-16-11-40-12-17(16)21(23(30)24(15)35-28)25-22-14(5-31)27(32)41-26(22)18(29)7-33-25/h6-7,13,19-20,39H,3-4,8-12,32H2,1-2H3/t13-,19?,20?/m0/s1. The second kappa shape index (κ2) is 9.78. The molecule has 6 heterocycles. The molecular formula is C28H28F2N8O2S. The summed E-state index contributed by atoms with van der Waals surface area (Å²) >= 11 is 0.937. The highest BCUT2D eigenvalue weighted by Crippen LogP contribution is 2.45. The average Bonchev–Trinajstić information content (AvgIpc) is 3.67. The third-order valence-corrected chi connectivity index (χ3v) is 9.61. The number of anilines is 2. The van der Waals surface area contributed by atoms with Crippen molar-refractivity contribution in [3.8, 4) is 17.3 Å². The SMILES string of the molecule is C[C@H]1CN(C)CCN1C1CN(c2ncc3c4c(c(-c5ncc(F)c6sc(N)c(C#N)c56)c(F)c3n2)COC4)CC1O. The summed E-state index contributed by atoms with van der Waals surface area (Å²) in [6, 6.07) is 2.23. The molecule has 2 saturated heterocycles. The fourth-order valence-corrected chi connectivity index (χ4v) is 7.52.